The molecule has 0 saturated carbocycles. The van der Waals surface area contributed by atoms with Gasteiger partial charge in [0.25, 0.3) is 5.91 Å². The van der Waals surface area contributed by atoms with Crippen LogP contribution >= 0.6 is 0 Å². The highest BCUT2D eigenvalue weighted by Crippen LogP contribution is 2.04. The van der Waals surface area contributed by atoms with Gasteiger partial charge in [0, 0.05) is 33.3 Å². The number of carbonyl (C=O) groups excluding carboxylic acids is 1. The third-order valence-electron chi connectivity index (χ3n) is 2.80. The molecule has 2 N–H and O–H groups in total. The van der Waals surface area contributed by atoms with Crippen molar-refractivity contribution in [3.63, 3.8) is 0 Å². The van der Waals surface area contributed by atoms with Crippen molar-refractivity contribution in [3.8, 4) is 0 Å². The molecule has 0 aliphatic heterocycles. The molecule has 0 fully saturated rings. The number of anilines is 1. The summed E-state index contributed by atoms with van der Waals surface area (Å²) >= 11 is 0. The van der Waals surface area contributed by atoms with E-state index in [9.17, 15) is 4.79 Å². The molecule has 1 aromatic heterocycles. The van der Waals surface area contributed by atoms with E-state index in [-0.39, 0.29) is 5.91 Å². The van der Waals surface area contributed by atoms with Gasteiger partial charge in [0.2, 0.25) is 0 Å². The highest BCUT2D eigenvalue weighted by molar-refractivity contribution is 5.92. The second-order valence-electron chi connectivity index (χ2n) is 4.49. The zero-order valence-electron chi connectivity index (χ0n) is 12.5. The maximum atomic E-state index is 12.0. The van der Waals surface area contributed by atoms with E-state index >= 15 is 0 Å². The third kappa shape index (κ3) is 5.99. The van der Waals surface area contributed by atoms with Gasteiger partial charge < -0.3 is 20.3 Å². The van der Waals surface area contributed by atoms with E-state index < -0.39 is 0 Å². The summed E-state index contributed by atoms with van der Waals surface area (Å²) in [5.41, 5.74) is 0.433. The molecule has 6 heteroatoms. The fourth-order valence-electron chi connectivity index (χ4n) is 1.65. The van der Waals surface area contributed by atoms with E-state index in [0.717, 1.165) is 25.5 Å². The van der Waals surface area contributed by atoms with Crippen molar-refractivity contribution in [2.24, 2.45) is 0 Å². The molecule has 1 aromatic rings. The minimum Gasteiger partial charge on any atom is -0.383 e. The number of ether oxygens (including phenoxy) is 1. The van der Waals surface area contributed by atoms with Crippen molar-refractivity contribution in [3.05, 3.63) is 23.9 Å². The van der Waals surface area contributed by atoms with Crippen LogP contribution in [0.4, 0.5) is 5.82 Å². The van der Waals surface area contributed by atoms with E-state index in [1.807, 2.05) is 26.1 Å². The van der Waals surface area contributed by atoms with Crippen LogP contribution in [-0.2, 0) is 4.74 Å². The van der Waals surface area contributed by atoms with Gasteiger partial charge in [-0.1, -0.05) is 6.07 Å². The van der Waals surface area contributed by atoms with Gasteiger partial charge in [-0.15, -0.1) is 0 Å². The summed E-state index contributed by atoms with van der Waals surface area (Å²) in [7, 11) is 3.67. The van der Waals surface area contributed by atoms with Crippen molar-refractivity contribution in [1.29, 1.82) is 0 Å². The summed E-state index contributed by atoms with van der Waals surface area (Å²) < 4.78 is 5.00. The number of amides is 1. The number of carbonyl (C=O) groups is 1. The van der Waals surface area contributed by atoms with Gasteiger partial charge >= 0.3 is 0 Å². The van der Waals surface area contributed by atoms with Gasteiger partial charge in [0.05, 0.1) is 6.61 Å². The average Bonchev–Trinajstić information content (AvgIpc) is 2.45. The first kappa shape index (κ1) is 16.4. The van der Waals surface area contributed by atoms with Crippen LogP contribution < -0.4 is 10.6 Å². The Morgan fingerprint density at radius 3 is 2.90 bits per heavy atom. The summed E-state index contributed by atoms with van der Waals surface area (Å²) in [5.74, 6) is 0.572. The number of hydrogen-bond acceptors (Lipinski definition) is 5. The summed E-state index contributed by atoms with van der Waals surface area (Å²) in [6, 6.07) is 5.38. The quantitative estimate of drug-likeness (QED) is 0.701. The Kier molecular flexibility index (Phi) is 7.60. The molecule has 0 aliphatic carbocycles. The highest BCUT2D eigenvalue weighted by atomic mass is 16.5. The normalized spacial score (nSPS) is 10.6. The largest absolute Gasteiger partial charge is 0.383 e. The van der Waals surface area contributed by atoms with Gasteiger partial charge in [0.1, 0.15) is 11.5 Å². The van der Waals surface area contributed by atoms with Gasteiger partial charge in [-0.25, -0.2) is 4.98 Å². The molecule has 1 amide bonds. The van der Waals surface area contributed by atoms with Crippen LogP contribution in [-0.4, -0.2) is 62.7 Å². The average molecular weight is 280 g/mol. The number of pyridine rings is 1. The van der Waals surface area contributed by atoms with E-state index in [0.29, 0.717) is 18.8 Å². The topological polar surface area (TPSA) is 66.5 Å². The molecule has 0 bridgehead atoms. The van der Waals surface area contributed by atoms with Crippen LogP contribution in [0.3, 0.4) is 0 Å². The Balaban J connectivity index is 2.37. The van der Waals surface area contributed by atoms with Crippen LogP contribution in [0.15, 0.2) is 18.2 Å². The molecule has 0 radical (unpaired) electrons. The summed E-state index contributed by atoms with van der Waals surface area (Å²) in [6.07, 6.45) is 0. The molecular weight excluding hydrogens is 256 g/mol. The van der Waals surface area contributed by atoms with Crippen LogP contribution in [0.5, 0.6) is 0 Å². The number of hydrogen-bond donors (Lipinski definition) is 2. The number of likely N-dealkylation sites (N-methyl/N-ethyl adjacent to an activating group) is 1. The minimum absolute atomic E-state index is 0.148. The SMILES string of the molecule is CCNc1cccc(C(=O)NCCN(C)CCOC)n1. The molecule has 6 nitrogen and oxygen atoms in total. The minimum atomic E-state index is -0.148. The van der Waals surface area contributed by atoms with Crippen LogP contribution in [0.25, 0.3) is 0 Å². The first-order valence-electron chi connectivity index (χ1n) is 6.84. The lowest BCUT2D eigenvalue weighted by atomic mass is 10.3. The number of methoxy groups -OCH3 is 1. The Morgan fingerprint density at radius 2 is 2.20 bits per heavy atom. The molecule has 0 aliphatic rings. The van der Waals surface area contributed by atoms with Gasteiger partial charge in [0.15, 0.2) is 0 Å². The zero-order valence-corrected chi connectivity index (χ0v) is 12.5. The Bertz CT molecular complexity index is 412. The van der Waals surface area contributed by atoms with Crippen LogP contribution in [0, 0.1) is 0 Å². The maximum Gasteiger partial charge on any atom is 0.270 e. The second kappa shape index (κ2) is 9.28. The predicted octanol–water partition coefficient (Wildman–Crippen LogP) is 0.821. The van der Waals surface area contributed by atoms with Crippen molar-refractivity contribution in [2.45, 2.75) is 6.92 Å². The standard InChI is InChI=1S/C14H24N4O2/c1-4-15-13-7-5-6-12(17-13)14(19)16-8-9-18(2)10-11-20-3/h5-7H,4,8-11H2,1-3H3,(H,15,17)(H,16,19). The summed E-state index contributed by atoms with van der Waals surface area (Å²) in [4.78, 5) is 18.3. The van der Waals surface area contributed by atoms with Gasteiger partial charge in [-0.2, -0.15) is 0 Å². The monoisotopic (exact) mass is 280 g/mol. The maximum absolute atomic E-state index is 12.0. The lowest BCUT2D eigenvalue weighted by molar-refractivity contribution is 0.0942. The molecule has 112 valence electrons. The van der Waals surface area contributed by atoms with E-state index in [2.05, 4.69) is 20.5 Å². The molecule has 20 heavy (non-hydrogen) atoms. The first-order chi connectivity index (χ1) is 9.67. The molecule has 1 heterocycles. The first-order valence-corrected chi connectivity index (χ1v) is 6.84. The molecule has 0 spiro atoms. The molecule has 0 aromatic carbocycles. The fraction of sp³-hybridized carbons (Fsp3) is 0.571. The Labute approximate surface area is 120 Å². The van der Waals surface area contributed by atoms with Crippen molar-refractivity contribution < 1.29 is 9.53 Å². The second-order valence-corrected chi connectivity index (χ2v) is 4.49. The van der Waals surface area contributed by atoms with Crippen molar-refractivity contribution >= 4 is 11.7 Å². The highest BCUT2D eigenvalue weighted by Gasteiger charge is 2.07. The predicted molar refractivity (Wildman–Crippen MR) is 80.1 cm³/mol. The van der Waals surface area contributed by atoms with Gasteiger partial charge in [-0.3, -0.25) is 4.79 Å². The number of nitrogens with one attached hydrogen (secondary N) is 2. The number of rotatable bonds is 9. The van der Waals surface area contributed by atoms with Crippen molar-refractivity contribution in [1.82, 2.24) is 15.2 Å². The number of aromatic nitrogens is 1. The summed E-state index contributed by atoms with van der Waals surface area (Å²) in [6.45, 7) is 5.68. The third-order valence-corrected chi connectivity index (χ3v) is 2.80. The van der Waals surface area contributed by atoms with E-state index in [1.165, 1.54) is 0 Å². The van der Waals surface area contributed by atoms with Crippen molar-refractivity contribution in [2.75, 3.05) is 52.3 Å². The fourth-order valence-corrected chi connectivity index (χ4v) is 1.65. The van der Waals surface area contributed by atoms with E-state index in [1.54, 1.807) is 13.2 Å². The molecule has 0 saturated heterocycles. The Hall–Kier alpha value is -1.66. The van der Waals surface area contributed by atoms with Crippen LogP contribution in [0.1, 0.15) is 17.4 Å². The van der Waals surface area contributed by atoms with E-state index in [4.69, 9.17) is 4.74 Å². The zero-order chi connectivity index (χ0) is 14.8. The smallest absolute Gasteiger partial charge is 0.270 e. The Morgan fingerprint density at radius 1 is 1.40 bits per heavy atom. The lowest BCUT2D eigenvalue weighted by Gasteiger charge is -2.16. The molecule has 1 rings (SSSR count). The van der Waals surface area contributed by atoms with Gasteiger partial charge in [-0.05, 0) is 26.1 Å². The molecular formula is C14H24N4O2. The lowest BCUT2D eigenvalue weighted by Crippen LogP contribution is -2.34. The van der Waals surface area contributed by atoms with Crippen LogP contribution in [0.2, 0.25) is 0 Å². The molecule has 0 unspecified atom stereocenters. The molecule has 0 atom stereocenters. The summed E-state index contributed by atoms with van der Waals surface area (Å²) in [5, 5.41) is 5.95. The number of nitrogens with zero attached hydrogens (tertiary/aromatic N) is 2.